The van der Waals surface area contributed by atoms with Crippen molar-refractivity contribution in [1.29, 1.82) is 0 Å². The van der Waals surface area contributed by atoms with Gasteiger partial charge in [0.15, 0.2) is 0 Å². The van der Waals surface area contributed by atoms with E-state index in [1.165, 1.54) is 12.5 Å². The summed E-state index contributed by atoms with van der Waals surface area (Å²) in [6.07, 6.45) is 11.9. The summed E-state index contributed by atoms with van der Waals surface area (Å²) in [6.45, 7) is 5.29. The molecule has 1 saturated heterocycles. The summed E-state index contributed by atoms with van der Waals surface area (Å²) < 4.78 is 3.24. The smallest absolute Gasteiger partial charge is 0.274 e. The molecule has 0 unspecified atom stereocenters. The SMILES string of the molecule is C=CC(=O)N1CCCCC1.Cn1cc(-c2cn3nccc3c(=O)[nH]2)cn1. The maximum absolute atomic E-state index is 11.7. The lowest BCUT2D eigenvalue weighted by Crippen LogP contribution is -2.34. The first-order valence-electron chi connectivity index (χ1n) is 8.55. The molecule has 0 atom stereocenters. The molecule has 1 N–H and O–H groups in total. The van der Waals surface area contributed by atoms with Gasteiger partial charge in [-0.1, -0.05) is 6.58 Å². The van der Waals surface area contributed by atoms with Gasteiger partial charge in [-0.25, -0.2) is 4.52 Å². The Morgan fingerprint density at radius 2 is 2.00 bits per heavy atom. The number of aromatic amines is 1. The highest BCUT2D eigenvalue weighted by Gasteiger charge is 2.12. The molecule has 0 bridgehead atoms. The lowest BCUT2D eigenvalue weighted by Gasteiger charge is -2.25. The van der Waals surface area contributed by atoms with Gasteiger partial charge in [-0.2, -0.15) is 10.2 Å². The fourth-order valence-electron chi connectivity index (χ4n) is 2.89. The van der Waals surface area contributed by atoms with E-state index in [1.54, 1.807) is 33.9 Å². The number of hydrogen-bond acceptors (Lipinski definition) is 4. The molecule has 8 heteroatoms. The zero-order chi connectivity index (χ0) is 18.5. The van der Waals surface area contributed by atoms with Gasteiger partial charge in [0.25, 0.3) is 5.56 Å². The summed E-state index contributed by atoms with van der Waals surface area (Å²) >= 11 is 0. The van der Waals surface area contributed by atoms with Gasteiger partial charge in [0.05, 0.1) is 24.3 Å². The molecule has 1 aliphatic rings. The molecule has 3 aromatic rings. The number of aryl methyl sites for hydroxylation is 1. The molecule has 1 fully saturated rings. The lowest BCUT2D eigenvalue weighted by atomic mass is 10.1. The predicted octanol–water partition coefficient (Wildman–Crippen LogP) is 1.61. The minimum atomic E-state index is -0.154. The standard InChI is InChI=1S/C10H9N5O.C8H13NO/c1-14-5-7(4-12-14)8-6-15-9(2-3-11-15)10(16)13-8;1-2-8(10)9-6-4-3-5-7-9/h2-6H,1H3,(H,13,16);2H,1,3-7H2. The van der Waals surface area contributed by atoms with Gasteiger partial charge in [-0.05, 0) is 31.4 Å². The van der Waals surface area contributed by atoms with E-state index in [2.05, 4.69) is 21.8 Å². The van der Waals surface area contributed by atoms with Crippen molar-refractivity contribution < 1.29 is 4.79 Å². The van der Waals surface area contributed by atoms with Crippen molar-refractivity contribution in [3.8, 4) is 11.3 Å². The Kier molecular flexibility index (Phi) is 5.31. The van der Waals surface area contributed by atoms with Crippen LogP contribution in [0.15, 0.2) is 48.3 Å². The van der Waals surface area contributed by atoms with Crippen molar-refractivity contribution in [3.05, 3.63) is 53.9 Å². The van der Waals surface area contributed by atoms with E-state index in [9.17, 15) is 9.59 Å². The van der Waals surface area contributed by atoms with Crippen LogP contribution in [0.25, 0.3) is 16.8 Å². The summed E-state index contributed by atoms with van der Waals surface area (Å²) in [5.74, 6) is 0.0831. The van der Waals surface area contributed by atoms with Crippen molar-refractivity contribution in [3.63, 3.8) is 0 Å². The summed E-state index contributed by atoms with van der Waals surface area (Å²) in [7, 11) is 1.83. The van der Waals surface area contributed by atoms with Crippen LogP contribution in [0, 0.1) is 0 Å². The number of nitrogens with zero attached hydrogens (tertiary/aromatic N) is 5. The molecular weight excluding hydrogens is 332 g/mol. The number of H-pyrrole nitrogens is 1. The van der Waals surface area contributed by atoms with Crippen LogP contribution in [0.1, 0.15) is 19.3 Å². The Morgan fingerprint density at radius 1 is 1.23 bits per heavy atom. The topological polar surface area (TPSA) is 88.3 Å². The van der Waals surface area contributed by atoms with E-state index < -0.39 is 0 Å². The first-order valence-corrected chi connectivity index (χ1v) is 8.55. The third kappa shape index (κ3) is 3.90. The van der Waals surface area contributed by atoms with E-state index in [0.717, 1.165) is 31.5 Å². The summed E-state index contributed by atoms with van der Waals surface area (Å²) in [4.78, 5) is 27.3. The zero-order valence-corrected chi connectivity index (χ0v) is 14.8. The Hall–Kier alpha value is -3.16. The van der Waals surface area contributed by atoms with Crippen molar-refractivity contribution in [2.75, 3.05) is 13.1 Å². The number of amides is 1. The van der Waals surface area contributed by atoms with E-state index in [0.29, 0.717) is 11.2 Å². The van der Waals surface area contributed by atoms with Crippen LogP contribution in [0.3, 0.4) is 0 Å². The highest BCUT2D eigenvalue weighted by atomic mass is 16.2. The molecule has 4 heterocycles. The Balaban J connectivity index is 0.000000170. The van der Waals surface area contributed by atoms with Gasteiger partial charge in [0, 0.05) is 31.9 Å². The summed E-state index contributed by atoms with van der Waals surface area (Å²) in [5, 5.41) is 8.10. The highest BCUT2D eigenvalue weighted by Crippen LogP contribution is 2.13. The van der Waals surface area contributed by atoms with Crippen LogP contribution in [-0.2, 0) is 11.8 Å². The number of aromatic nitrogens is 5. The van der Waals surface area contributed by atoms with E-state index in [4.69, 9.17) is 0 Å². The maximum atomic E-state index is 11.7. The number of carbonyl (C=O) groups is 1. The lowest BCUT2D eigenvalue weighted by molar-refractivity contribution is -0.126. The molecule has 1 aliphatic heterocycles. The van der Waals surface area contributed by atoms with Crippen LogP contribution >= 0.6 is 0 Å². The molecule has 26 heavy (non-hydrogen) atoms. The summed E-state index contributed by atoms with van der Waals surface area (Å²) in [6, 6.07) is 1.67. The van der Waals surface area contributed by atoms with Crippen molar-refractivity contribution in [2.24, 2.45) is 7.05 Å². The fraction of sp³-hybridized carbons (Fsp3) is 0.333. The Bertz CT molecular complexity index is 961. The number of carbonyl (C=O) groups excluding carboxylic acids is 1. The second kappa shape index (κ2) is 7.81. The maximum Gasteiger partial charge on any atom is 0.274 e. The molecule has 0 spiro atoms. The van der Waals surface area contributed by atoms with E-state index in [-0.39, 0.29) is 11.5 Å². The quantitative estimate of drug-likeness (QED) is 0.708. The van der Waals surface area contributed by atoms with Crippen molar-refractivity contribution in [2.45, 2.75) is 19.3 Å². The molecule has 8 nitrogen and oxygen atoms in total. The van der Waals surface area contributed by atoms with Gasteiger partial charge in [0.1, 0.15) is 5.52 Å². The highest BCUT2D eigenvalue weighted by molar-refractivity contribution is 5.87. The van der Waals surface area contributed by atoms with Crippen LogP contribution in [0.4, 0.5) is 0 Å². The number of piperidine rings is 1. The number of nitrogens with one attached hydrogen (secondary N) is 1. The number of fused-ring (bicyclic) bond motifs is 1. The van der Waals surface area contributed by atoms with Gasteiger partial charge in [-0.3, -0.25) is 14.3 Å². The molecule has 0 saturated carbocycles. The molecular formula is C18H22N6O2. The molecule has 136 valence electrons. The molecule has 3 aromatic heterocycles. The second-order valence-electron chi connectivity index (χ2n) is 6.15. The molecule has 4 rings (SSSR count). The largest absolute Gasteiger partial charge is 0.339 e. The predicted molar refractivity (Wildman–Crippen MR) is 98.6 cm³/mol. The van der Waals surface area contributed by atoms with Gasteiger partial charge < -0.3 is 9.88 Å². The number of hydrogen-bond donors (Lipinski definition) is 1. The molecule has 0 radical (unpaired) electrons. The van der Waals surface area contributed by atoms with E-state index in [1.807, 2.05) is 18.1 Å². The first kappa shape index (κ1) is 17.7. The molecule has 0 aliphatic carbocycles. The van der Waals surface area contributed by atoms with Crippen LogP contribution < -0.4 is 5.56 Å². The van der Waals surface area contributed by atoms with Crippen molar-refractivity contribution >= 4 is 11.4 Å². The van der Waals surface area contributed by atoms with Crippen molar-refractivity contribution in [1.82, 2.24) is 29.3 Å². The minimum absolute atomic E-state index is 0.0831. The minimum Gasteiger partial charge on any atom is -0.339 e. The summed E-state index contributed by atoms with van der Waals surface area (Å²) in [5.41, 5.74) is 1.94. The average Bonchev–Trinajstić information content (AvgIpc) is 3.31. The van der Waals surface area contributed by atoms with E-state index >= 15 is 0 Å². The van der Waals surface area contributed by atoms with Gasteiger partial charge in [-0.15, -0.1) is 0 Å². The molecule has 1 amide bonds. The third-order valence-corrected chi connectivity index (χ3v) is 4.26. The first-order chi connectivity index (χ1) is 12.6. The fourth-order valence-corrected chi connectivity index (χ4v) is 2.89. The average molecular weight is 354 g/mol. The van der Waals surface area contributed by atoms with Gasteiger partial charge >= 0.3 is 0 Å². The molecule has 0 aromatic carbocycles. The van der Waals surface area contributed by atoms with Crippen LogP contribution in [0.2, 0.25) is 0 Å². The normalized spacial score (nSPS) is 14.0. The second-order valence-corrected chi connectivity index (χ2v) is 6.15. The van der Waals surface area contributed by atoms with Gasteiger partial charge in [0.2, 0.25) is 5.91 Å². The Labute approximate surface area is 150 Å². The third-order valence-electron chi connectivity index (χ3n) is 4.26. The number of likely N-dealkylation sites (tertiary alicyclic amines) is 1. The monoisotopic (exact) mass is 354 g/mol. The zero-order valence-electron chi connectivity index (χ0n) is 14.8. The Morgan fingerprint density at radius 3 is 2.65 bits per heavy atom. The van der Waals surface area contributed by atoms with Crippen LogP contribution in [-0.4, -0.2) is 48.3 Å². The number of rotatable bonds is 2. The van der Waals surface area contributed by atoms with Crippen LogP contribution in [0.5, 0.6) is 0 Å².